The van der Waals surface area contributed by atoms with Gasteiger partial charge in [0.05, 0.1) is 0 Å². The molecule has 1 aromatic rings. The predicted molar refractivity (Wildman–Crippen MR) is 50.1 cm³/mol. The van der Waals surface area contributed by atoms with Crippen molar-refractivity contribution in [2.24, 2.45) is 5.73 Å². The Kier molecular flexibility index (Phi) is 6.57. The van der Waals surface area contributed by atoms with Crippen LogP contribution in [0.2, 0.25) is 0 Å². The average molecular weight is 204 g/mol. The van der Waals surface area contributed by atoms with Gasteiger partial charge in [0.2, 0.25) is 5.88 Å². The van der Waals surface area contributed by atoms with Crippen LogP contribution < -0.4 is 10.5 Å². The molecule has 1 aromatic heterocycles. The molecule has 0 atom stereocenters. The zero-order valence-corrected chi connectivity index (χ0v) is 8.21. The van der Waals surface area contributed by atoms with Crippen molar-refractivity contribution in [3.63, 3.8) is 0 Å². The van der Waals surface area contributed by atoms with E-state index in [1.807, 2.05) is 13.8 Å². The number of ether oxygens (including phenoxy) is 1. The molecule has 5 heteroatoms. The fraction of sp³-hybridized carbons (Fsp3) is 0.444. The number of halogens is 2. The molecule has 0 fully saturated rings. The first kappa shape index (κ1) is 12.8. The van der Waals surface area contributed by atoms with Crippen LogP contribution in [-0.2, 0) is 6.54 Å². The molecule has 0 unspecified atom stereocenters. The lowest BCUT2D eigenvalue weighted by molar-refractivity contribution is -0.0528. The Morgan fingerprint density at radius 1 is 1.50 bits per heavy atom. The summed E-state index contributed by atoms with van der Waals surface area (Å²) in [7, 11) is 0. The first-order valence-corrected chi connectivity index (χ1v) is 4.32. The molecule has 0 saturated heterocycles. The van der Waals surface area contributed by atoms with Crippen molar-refractivity contribution in [1.29, 1.82) is 0 Å². The van der Waals surface area contributed by atoms with E-state index in [4.69, 9.17) is 5.73 Å². The Hall–Kier alpha value is -1.23. The number of aromatic nitrogens is 1. The van der Waals surface area contributed by atoms with E-state index in [0.717, 1.165) is 0 Å². The third kappa shape index (κ3) is 4.71. The molecule has 3 nitrogen and oxygen atoms in total. The van der Waals surface area contributed by atoms with E-state index < -0.39 is 6.61 Å². The summed E-state index contributed by atoms with van der Waals surface area (Å²) in [5.74, 6) is -0.104. The Bertz CT molecular complexity index is 256. The molecule has 0 spiro atoms. The number of rotatable bonds is 3. The van der Waals surface area contributed by atoms with Crippen molar-refractivity contribution in [1.82, 2.24) is 4.98 Å². The van der Waals surface area contributed by atoms with Gasteiger partial charge in [-0.25, -0.2) is 4.98 Å². The van der Waals surface area contributed by atoms with Crippen molar-refractivity contribution < 1.29 is 13.5 Å². The molecule has 0 amide bonds. The average Bonchev–Trinajstić information content (AvgIpc) is 2.20. The Morgan fingerprint density at radius 3 is 2.64 bits per heavy atom. The smallest absolute Gasteiger partial charge is 0.388 e. The topological polar surface area (TPSA) is 48.1 Å². The van der Waals surface area contributed by atoms with Crippen molar-refractivity contribution in [2.45, 2.75) is 27.0 Å². The highest BCUT2D eigenvalue weighted by atomic mass is 19.3. The second-order valence-corrected chi connectivity index (χ2v) is 2.08. The van der Waals surface area contributed by atoms with Gasteiger partial charge in [-0.05, 0) is 11.6 Å². The van der Waals surface area contributed by atoms with Gasteiger partial charge in [0.25, 0.3) is 0 Å². The van der Waals surface area contributed by atoms with Gasteiger partial charge < -0.3 is 10.5 Å². The van der Waals surface area contributed by atoms with Crippen LogP contribution in [-0.4, -0.2) is 11.6 Å². The van der Waals surface area contributed by atoms with Crippen molar-refractivity contribution in [2.75, 3.05) is 0 Å². The molecule has 0 radical (unpaired) electrons. The summed E-state index contributed by atoms with van der Waals surface area (Å²) in [4.78, 5) is 3.57. The van der Waals surface area contributed by atoms with Crippen molar-refractivity contribution in [3.8, 4) is 5.88 Å². The maximum absolute atomic E-state index is 11.7. The van der Waals surface area contributed by atoms with Gasteiger partial charge in [-0.2, -0.15) is 8.78 Å². The monoisotopic (exact) mass is 204 g/mol. The molecule has 0 bridgehead atoms. The van der Waals surface area contributed by atoms with Gasteiger partial charge >= 0.3 is 6.61 Å². The second kappa shape index (κ2) is 7.20. The van der Waals surface area contributed by atoms with Gasteiger partial charge in [0, 0.05) is 18.8 Å². The zero-order valence-electron chi connectivity index (χ0n) is 8.21. The third-order valence-electron chi connectivity index (χ3n) is 1.24. The number of pyridine rings is 1. The molecular weight excluding hydrogens is 190 g/mol. The third-order valence-corrected chi connectivity index (χ3v) is 1.24. The van der Waals surface area contributed by atoms with Crippen molar-refractivity contribution in [3.05, 3.63) is 23.9 Å². The Morgan fingerprint density at radius 2 is 2.14 bits per heavy atom. The van der Waals surface area contributed by atoms with Crippen LogP contribution in [0, 0.1) is 0 Å². The minimum absolute atomic E-state index is 0.104. The highest BCUT2D eigenvalue weighted by Gasteiger charge is 2.04. The number of hydrogen-bond donors (Lipinski definition) is 1. The summed E-state index contributed by atoms with van der Waals surface area (Å²) in [6.07, 6.45) is 1.37. The molecule has 1 rings (SSSR count). The van der Waals surface area contributed by atoms with Crippen LogP contribution >= 0.6 is 0 Å². The van der Waals surface area contributed by atoms with E-state index in [2.05, 4.69) is 9.72 Å². The first-order chi connectivity index (χ1) is 6.72. The predicted octanol–water partition coefficient (Wildman–Crippen LogP) is 2.17. The van der Waals surface area contributed by atoms with Crippen LogP contribution in [0.1, 0.15) is 19.4 Å². The summed E-state index contributed by atoms with van der Waals surface area (Å²) in [6.45, 7) is 1.44. The first-order valence-electron chi connectivity index (χ1n) is 4.32. The van der Waals surface area contributed by atoms with E-state index >= 15 is 0 Å². The van der Waals surface area contributed by atoms with E-state index in [0.29, 0.717) is 5.56 Å². The summed E-state index contributed by atoms with van der Waals surface area (Å²) < 4.78 is 27.4. The minimum Gasteiger partial charge on any atom is -0.417 e. The van der Waals surface area contributed by atoms with Crippen LogP contribution in [0.5, 0.6) is 5.88 Å². The molecular formula is C9H14F2N2O. The maximum Gasteiger partial charge on any atom is 0.388 e. The van der Waals surface area contributed by atoms with Crippen LogP contribution in [0.25, 0.3) is 0 Å². The highest BCUT2D eigenvalue weighted by Crippen LogP contribution is 2.11. The molecule has 2 N–H and O–H groups in total. The van der Waals surface area contributed by atoms with Gasteiger partial charge in [-0.1, -0.05) is 13.8 Å². The maximum atomic E-state index is 11.7. The molecule has 0 aromatic carbocycles. The molecule has 0 aliphatic carbocycles. The van der Waals surface area contributed by atoms with Gasteiger partial charge in [0.1, 0.15) is 0 Å². The molecule has 0 aliphatic rings. The van der Waals surface area contributed by atoms with Crippen LogP contribution in [0.15, 0.2) is 18.3 Å². The lowest BCUT2D eigenvalue weighted by Gasteiger charge is -2.03. The SMILES string of the molecule is CC.NCc1ccnc(OC(F)F)c1. The number of hydrogen-bond acceptors (Lipinski definition) is 3. The number of nitrogens with two attached hydrogens (primary N) is 1. The van der Waals surface area contributed by atoms with E-state index in [1.54, 1.807) is 6.07 Å². The Balaban J connectivity index is 0.000000791. The number of alkyl halides is 2. The van der Waals surface area contributed by atoms with Crippen LogP contribution in [0.3, 0.4) is 0 Å². The zero-order chi connectivity index (χ0) is 11.0. The molecule has 0 aliphatic heterocycles. The fourth-order valence-corrected chi connectivity index (χ4v) is 0.733. The summed E-state index contributed by atoms with van der Waals surface area (Å²) in [5.41, 5.74) is 5.99. The Labute approximate surface area is 81.9 Å². The summed E-state index contributed by atoms with van der Waals surface area (Å²) in [6, 6.07) is 3.02. The lowest BCUT2D eigenvalue weighted by Crippen LogP contribution is -2.04. The van der Waals surface area contributed by atoms with Crippen molar-refractivity contribution >= 4 is 0 Å². The molecule has 1 heterocycles. The number of nitrogens with zero attached hydrogens (tertiary/aromatic N) is 1. The quantitative estimate of drug-likeness (QED) is 0.820. The van der Waals surface area contributed by atoms with E-state index in [9.17, 15) is 8.78 Å². The normalized spacial score (nSPS) is 9.29. The molecule has 14 heavy (non-hydrogen) atoms. The van der Waals surface area contributed by atoms with Crippen LogP contribution in [0.4, 0.5) is 8.78 Å². The van der Waals surface area contributed by atoms with Gasteiger partial charge in [-0.3, -0.25) is 0 Å². The summed E-state index contributed by atoms with van der Waals surface area (Å²) in [5, 5.41) is 0. The van der Waals surface area contributed by atoms with Gasteiger partial charge in [0.15, 0.2) is 0 Å². The summed E-state index contributed by atoms with van der Waals surface area (Å²) >= 11 is 0. The van der Waals surface area contributed by atoms with Gasteiger partial charge in [-0.15, -0.1) is 0 Å². The lowest BCUT2D eigenvalue weighted by atomic mass is 10.3. The standard InChI is InChI=1S/C7H8F2N2O.C2H6/c8-7(9)12-6-3-5(4-10)1-2-11-6;1-2/h1-3,7H,4,10H2;1-2H3. The minimum atomic E-state index is -2.84. The largest absolute Gasteiger partial charge is 0.417 e. The second-order valence-electron chi connectivity index (χ2n) is 2.08. The fourth-order valence-electron chi connectivity index (χ4n) is 0.733. The highest BCUT2D eigenvalue weighted by molar-refractivity contribution is 5.19. The molecule has 0 saturated carbocycles. The molecule has 80 valence electrons. The van der Waals surface area contributed by atoms with E-state index in [-0.39, 0.29) is 12.4 Å². The van der Waals surface area contributed by atoms with E-state index in [1.165, 1.54) is 12.3 Å².